The van der Waals surface area contributed by atoms with Crippen molar-refractivity contribution in [1.29, 1.82) is 0 Å². The maximum Gasteiger partial charge on any atom is 0.323 e. The van der Waals surface area contributed by atoms with Crippen LogP contribution in [0.1, 0.15) is 54.9 Å². The summed E-state index contributed by atoms with van der Waals surface area (Å²) in [5.41, 5.74) is -0.403. The Bertz CT molecular complexity index is 218. The van der Waals surface area contributed by atoms with E-state index in [0.29, 0.717) is 6.04 Å². The first-order chi connectivity index (χ1) is 7.19. The second kappa shape index (κ2) is 6.24. The standard InChI is InChI=1S/C13H27NO2/c1-8-9-14(10(2)3)11(4)12(15)16-13(5,6)7/h10-11H,8-9H2,1-7H3. The first-order valence-corrected chi connectivity index (χ1v) is 6.17. The number of hydrogen-bond acceptors (Lipinski definition) is 3. The van der Waals surface area contributed by atoms with E-state index in [9.17, 15) is 4.79 Å². The molecule has 0 aromatic carbocycles. The molecule has 0 aliphatic rings. The van der Waals surface area contributed by atoms with Crippen molar-refractivity contribution < 1.29 is 9.53 Å². The molecule has 0 fully saturated rings. The Morgan fingerprint density at radius 3 is 2.06 bits per heavy atom. The third-order valence-electron chi connectivity index (χ3n) is 2.39. The van der Waals surface area contributed by atoms with Gasteiger partial charge >= 0.3 is 5.97 Å². The Morgan fingerprint density at radius 2 is 1.75 bits per heavy atom. The smallest absolute Gasteiger partial charge is 0.323 e. The molecule has 1 atom stereocenters. The lowest BCUT2D eigenvalue weighted by Crippen LogP contribution is -2.46. The van der Waals surface area contributed by atoms with Crippen LogP contribution in [0.5, 0.6) is 0 Å². The molecule has 0 spiro atoms. The quantitative estimate of drug-likeness (QED) is 0.679. The highest BCUT2D eigenvalue weighted by Crippen LogP contribution is 2.13. The minimum Gasteiger partial charge on any atom is -0.459 e. The number of ether oxygens (including phenoxy) is 1. The highest BCUT2D eigenvalue weighted by Gasteiger charge is 2.27. The van der Waals surface area contributed by atoms with Gasteiger partial charge in [-0.15, -0.1) is 0 Å². The van der Waals surface area contributed by atoms with Crippen LogP contribution in [0, 0.1) is 0 Å². The van der Waals surface area contributed by atoms with Gasteiger partial charge in [0.2, 0.25) is 0 Å². The van der Waals surface area contributed by atoms with Crippen molar-refractivity contribution in [3.8, 4) is 0 Å². The highest BCUT2D eigenvalue weighted by molar-refractivity contribution is 5.75. The Kier molecular flexibility index (Phi) is 6.01. The number of hydrogen-bond donors (Lipinski definition) is 0. The number of esters is 1. The average molecular weight is 229 g/mol. The lowest BCUT2D eigenvalue weighted by molar-refractivity contribution is -0.161. The second-order valence-electron chi connectivity index (χ2n) is 5.54. The van der Waals surface area contributed by atoms with Gasteiger partial charge in [-0.1, -0.05) is 6.92 Å². The summed E-state index contributed by atoms with van der Waals surface area (Å²) in [5.74, 6) is -0.130. The molecule has 0 aromatic heterocycles. The Morgan fingerprint density at radius 1 is 1.25 bits per heavy atom. The summed E-state index contributed by atoms with van der Waals surface area (Å²) in [7, 11) is 0. The third kappa shape index (κ3) is 5.50. The first-order valence-electron chi connectivity index (χ1n) is 6.17. The lowest BCUT2D eigenvalue weighted by Gasteiger charge is -2.32. The molecule has 0 radical (unpaired) electrons. The van der Waals surface area contributed by atoms with Crippen molar-refractivity contribution in [2.24, 2.45) is 0 Å². The first kappa shape index (κ1) is 15.4. The largest absolute Gasteiger partial charge is 0.459 e. The summed E-state index contributed by atoms with van der Waals surface area (Å²) < 4.78 is 5.40. The van der Waals surface area contributed by atoms with Gasteiger partial charge in [0, 0.05) is 6.04 Å². The predicted molar refractivity (Wildman–Crippen MR) is 67.4 cm³/mol. The number of carbonyl (C=O) groups is 1. The van der Waals surface area contributed by atoms with Crippen LogP contribution in [0.3, 0.4) is 0 Å². The molecule has 16 heavy (non-hydrogen) atoms. The molecule has 3 nitrogen and oxygen atoms in total. The zero-order valence-corrected chi connectivity index (χ0v) is 11.8. The SMILES string of the molecule is CCCN(C(C)C)C(C)C(=O)OC(C)(C)C. The summed E-state index contributed by atoms with van der Waals surface area (Å²) in [6.07, 6.45) is 1.05. The van der Waals surface area contributed by atoms with Crippen molar-refractivity contribution in [3.63, 3.8) is 0 Å². The van der Waals surface area contributed by atoms with Gasteiger partial charge in [-0.3, -0.25) is 9.69 Å². The van der Waals surface area contributed by atoms with Crippen molar-refractivity contribution in [1.82, 2.24) is 4.90 Å². The molecule has 0 aliphatic heterocycles. The van der Waals surface area contributed by atoms with Crippen LogP contribution >= 0.6 is 0 Å². The van der Waals surface area contributed by atoms with E-state index in [2.05, 4.69) is 25.7 Å². The van der Waals surface area contributed by atoms with Crippen molar-refractivity contribution in [2.75, 3.05) is 6.54 Å². The molecule has 1 unspecified atom stereocenters. The van der Waals surface area contributed by atoms with Gasteiger partial charge in [-0.2, -0.15) is 0 Å². The van der Waals surface area contributed by atoms with Gasteiger partial charge in [0.1, 0.15) is 11.6 Å². The van der Waals surface area contributed by atoms with E-state index in [4.69, 9.17) is 4.74 Å². The Balaban J connectivity index is 4.49. The molecular formula is C13H27NO2. The molecule has 0 aliphatic carbocycles. The molecule has 3 heteroatoms. The fourth-order valence-corrected chi connectivity index (χ4v) is 1.68. The van der Waals surface area contributed by atoms with E-state index >= 15 is 0 Å². The monoisotopic (exact) mass is 229 g/mol. The molecule has 0 rings (SSSR count). The third-order valence-corrected chi connectivity index (χ3v) is 2.39. The van der Waals surface area contributed by atoms with Crippen LogP contribution in [-0.2, 0) is 9.53 Å². The molecule has 96 valence electrons. The minimum atomic E-state index is -0.403. The van der Waals surface area contributed by atoms with Gasteiger partial charge in [0.15, 0.2) is 0 Å². The normalized spacial score (nSPS) is 14.3. The van der Waals surface area contributed by atoms with Gasteiger partial charge in [0.25, 0.3) is 0 Å². The van der Waals surface area contributed by atoms with Crippen LogP contribution in [0.4, 0.5) is 0 Å². The molecule has 0 saturated carbocycles. The zero-order valence-electron chi connectivity index (χ0n) is 11.8. The van der Waals surface area contributed by atoms with Crippen LogP contribution in [-0.4, -0.2) is 35.1 Å². The predicted octanol–water partition coefficient (Wildman–Crippen LogP) is 2.84. The van der Waals surface area contributed by atoms with Crippen LogP contribution in [0.2, 0.25) is 0 Å². The van der Waals surface area contributed by atoms with Crippen molar-refractivity contribution >= 4 is 5.97 Å². The molecule has 0 bridgehead atoms. The average Bonchev–Trinajstić information content (AvgIpc) is 2.09. The molecular weight excluding hydrogens is 202 g/mol. The van der Waals surface area contributed by atoms with Gasteiger partial charge in [-0.05, 0) is 54.5 Å². The lowest BCUT2D eigenvalue weighted by atomic mass is 10.1. The minimum absolute atomic E-state index is 0.130. The summed E-state index contributed by atoms with van der Waals surface area (Å²) in [4.78, 5) is 14.1. The Labute approximate surface area is 100 Å². The van der Waals surface area contributed by atoms with E-state index in [0.717, 1.165) is 13.0 Å². The van der Waals surface area contributed by atoms with E-state index in [1.54, 1.807) is 0 Å². The Hall–Kier alpha value is -0.570. The summed E-state index contributed by atoms with van der Waals surface area (Å²) in [6.45, 7) is 14.9. The van der Waals surface area contributed by atoms with E-state index in [-0.39, 0.29) is 12.0 Å². The summed E-state index contributed by atoms with van der Waals surface area (Å²) in [6, 6.07) is 0.196. The maximum absolute atomic E-state index is 11.9. The second-order valence-corrected chi connectivity index (χ2v) is 5.54. The molecule has 0 saturated heterocycles. The molecule has 0 N–H and O–H groups in total. The van der Waals surface area contributed by atoms with Gasteiger partial charge in [0.05, 0.1) is 0 Å². The molecule has 0 aromatic rings. The molecule has 0 amide bonds. The fourth-order valence-electron chi connectivity index (χ4n) is 1.68. The van der Waals surface area contributed by atoms with E-state index in [1.165, 1.54) is 0 Å². The highest BCUT2D eigenvalue weighted by atomic mass is 16.6. The summed E-state index contributed by atoms with van der Waals surface area (Å²) in [5, 5.41) is 0. The van der Waals surface area contributed by atoms with E-state index in [1.807, 2.05) is 27.7 Å². The van der Waals surface area contributed by atoms with Crippen LogP contribution in [0.25, 0.3) is 0 Å². The summed E-state index contributed by atoms with van der Waals surface area (Å²) >= 11 is 0. The van der Waals surface area contributed by atoms with Crippen molar-refractivity contribution in [2.45, 2.75) is 72.6 Å². The van der Waals surface area contributed by atoms with Crippen LogP contribution < -0.4 is 0 Å². The van der Waals surface area contributed by atoms with Gasteiger partial charge < -0.3 is 4.74 Å². The topological polar surface area (TPSA) is 29.5 Å². The fraction of sp³-hybridized carbons (Fsp3) is 0.923. The number of carbonyl (C=O) groups excluding carboxylic acids is 1. The van der Waals surface area contributed by atoms with Crippen LogP contribution in [0.15, 0.2) is 0 Å². The van der Waals surface area contributed by atoms with Gasteiger partial charge in [-0.25, -0.2) is 0 Å². The number of rotatable bonds is 5. The maximum atomic E-state index is 11.9. The molecule has 0 heterocycles. The number of nitrogens with zero attached hydrogens (tertiary/aromatic N) is 1. The van der Waals surface area contributed by atoms with E-state index < -0.39 is 5.60 Å². The zero-order chi connectivity index (χ0) is 12.9. The van der Waals surface area contributed by atoms with Crippen molar-refractivity contribution in [3.05, 3.63) is 0 Å².